The van der Waals surface area contributed by atoms with E-state index in [1.807, 2.05) is 0 Å². The summed E-state index contributed by atoms with van der Waals surface area (Å²) in [6.45, 7) is 4.61. The van der Waals surface area contributed by atoms with Gasteiger partial charge in [0.1, 0.15) is 0 Å². The van der Waals surface area contributed by atoms with E-state index < -0.39 is 0 Å². The lowest BCUT2D eigenvalue weighted by Gasteiger charge is -2.31. The average Bonchev–Trinajstić information content (AvgIpc) is 2.63. The molecule has 9 heavy (non-hydrogen) atoms. The first-order valence-electron chi connectivity index (χ1n) is 3.97. The lowest BCUT2D eigenvalue weighted by molar-refractivity contribution is 0.381. The monoisotopic (exact) mass is 122 g/mol. The molecular weight excluding hydrogens is 108 g/mol. The molecule has 0 amide bonds. The van der Waals surface area contributed by atoms with Crippen molar-refractivity contribution in [1.82, 2.24) is 0 Å². The van der Waals surface area contributed by atoms with E-state index in [9.17, 15) is 0 Å². The zero-order valence-electron chi connectivity index (χ0n) is 6.22. The lowest BCUT2D eigenvalue weighted by atomic mass is 9.74. The zero-order valence-corrected chi connectivity index (χ0v) is 6.22. The van der Waals surface area contributed by atoms with E-state index in [1.165, 1.54) is 12.8 Å². The summed E-state index contributed by atoms with van der Waals surface area (Å²) in [4.78, 5) is 0. The highest BCUT2D eigenvalue weighted by Crippen LogP contribution is 2.48. The third-order valence-corrected chi connectivity index (χ3v) is 2.92. The van der Waals surface area contributed by atoms with Gasteiger partial charge in [-0.3, -0.25) is 0 Å². The molecule has 1 fully saturated rings. The molecular formula is C9H14. The van der Waals surface area contributed by atoms with Crippen molar-refractivity contribution < 1.29 is 0 Å². The van der Waals surface area contributed by atoms with Crippen molar-refractivity contribution in [3.63, 3.8) is 0 Å². The fraction of sp³-hybridized carbons (Fsp3) is 0.778. The first-order valence-corrected chi connectivity index (χ1v) is 3.97. The van der Waals surface area contributed by atoms with Crippen molar-refractivity contribution in [3.05, 3.63) is 11.6 Å². The summed E-state index contributed by atoms with van der Waals surface area (Å²) in [5.41, 5.74) is 1.62. The Kier molecular flexibility index (Phi) is 0.992. The third kappa shape index (κ3) is 0.726. The van der Waals surface area contributed by atoms with Crippen LogP contribution in [-0.2, 0) is 0 Å². The van der Waals surface area contributed by atoms with Gasteiger partial charge in [-0.2, -0.15) is 0 Å². The summed E-state index contributed by atoms with van der Waals surface area (Å²) in [5, 5.41) is 0. The van der Waals surface area contributed by atoms with Gasteiger partial charge in [0.2, 0.25) is 0 Å². The smallest absolute Gasteiger partial charge is 0.0140 e. The van der Waals surface area contributed by atoms with Crippen molar-refractivity contribution in [3.8, 4) is 0 Å². The van der Waals surface area contributed by atoms with Gasteiger partial charge in [-0.25, -0.2) is 0 Å². The van der Waals surface area contributed by atoms with E-state index in [0.29, 0.717) is 0 Å². The molecule has 0 radical (unpaired) electrons. The van der Waals surface area contributed by atoms with Gasteiger partial charge in [0.05, 0.1) is 0 Å². The molecule has 0 spiro atoms. The molecule has 2 unspecified atom stereocenters. The van der Waals surface area contributed by atoms with Crippen molar-refractivity contribution in [2.45, 2.75) is 26.7 Å². The Bertz CT molecular complexity index is 151. The van der Waals surface area contributed by atoms with Gasteiger partial charge in [0.15, 0.2) is 0 Å². The predicted octanol–water partition coefficient (Wildman–Crippen LogP) is 2.61. The quantitative estimate of drug-likeness (QED) is 0.469. The van der Waals surface area contributed by atoms with Gasteiger partial charge >= 0.3 is 0 Å². The summed E-state index contributed by atoms with van der Waals surface area (Å²) in [6, 6.07) is 0. The van der Waals surface area contributed by atoms with E-state index in [1.54, 1.807) is 5.57 Å². The summed E-state index contributed by atoms with van der Waals surface area (Å²) in [5.74, 6) is 2.98. The molecule has 0 aliphatic heterocycles. The Morgan fingerprint density at radius 3 is 2.44 bits per heavy atom. The molecule has 2 aliphatic rings. The largest absolute Gasteiger partial charge is 0.0813 e. The van der Waals surface area contributed by atoms with Gasteiger partial charge in [0.25, 0.3) is 0 Å². The van der Waals surface area contributed by atoms with Crippen LogP contribution in [0.1, 0.15) is 26.7 Å². The first-order chi connectivity index (χ1) is 4.29. The summed E-state index contributed by atoms with van der Waals surface area (Å²) >= 11 is 0. The summed E-state index contributed by atoms with van der Waals surface area (Å²) in [6.07, 6.45) is 5.46. The normalized spacial score (nSPS) is 41.8. The highest BCUT2D eigenvalue weighted by molar-refractivity contribution is 5.21. The third-order valence-electron chi connectivity index (χ3n) is 2.92. The molecule has 2 atom stereocenters. The van der Waals surface area contributed by atoms with Crippen LogP contribution in [0.15, 0.2) is 11.6 Å². The molecule has 50 valence electrons. The molecule has 2 rings (SSSR count). The molecule has 0 aromatic carbocycles. The van der Waals surface area contributed by atoms with Crippen molar-refractivity contribution in [2.75, 3.05) is 0 Å². The van der Waals surface area contributed by atoms with Crippen LogP contribution in [-0.4, -0.2) is 0 Å². The molecule has 1 saturated carbocycles. The molecule has 2 aliphatic carbocycles. The number of rotatable bonds is 1. The van der Waals surface area contributed by atoms with Crippen LogP contribution < -0.4 is 0 Å². The maximum atomic E-state index is 2.46. The van der Waals surface area contributed by atoms with E-state index in [2.05, 4.69) is 19.9 Å². The van der Waals surface area contributed by atoms with Crippen LogP contribution in [0.2, 0.25) is 0 Å². The van der Waals surface area contributed by atoms with Crippen LogP contribution in [0.5, 0.6) is 0 Å². The van der Waals surface area contributed by atoms with E-state index in [0.717, 1.165) is 17.8 Å². The fourth-order valence-electron chi connectivity index (χ4n) is 1.81. The predicted molar refractivity (Wildman–Crippen MR) is 39.1 cm³/mol. The van der Waals surface area contributed by atoms with Crippen LogP contribution >= 0.6 is 0 Å². The second-order valence-corrected chi connectivity index (χ2v) is 3.61. The molecule has 0 heteroatoms. The molecule has 0 saturated heterocycles. The average molecular weight is 122 g/mol. The topological polar surface area (TPSA) is 0 Å². The van der Waals surface area contributed by atoms with E-state index in [4.69, 9.17) is 0 Å². The SMILES string of the molecule is CC1=CC(C2CC2)C1C. The van der Waals surface area contributed by atoms with Gasteiger partial charge in [0, 0.05) is 0 Å². The minimum Gasteiger partial charge on any atom is -0.0813 e. The van der Waals surface area contributed by atoms with Crippen LogP contribution in [0.4, 0.5) is 0 Å². The molecule has 0 N–H and O–H groups in total. The minimum atomic E-state index is 0.914. The molecule has 0 bridgehead atoms. The number of allylic oxidation sites excluding steroid dienone is 2. The summed E-state index contributed by atoms with van der Waals surface area (Å²) in [7, 11) is 0. The van der Waals surface area contributed by atoms with E-state index >= 15 is 0 Å². The number of hydrogen-bond acceptors (Lipinski definition) is 0. The van der Waals surface area contributed by atoms with Crippen molar-refractivity contribution in [1.29, 1.82) is 0 Å². The Labute approximate surface area is 57.0 Å². The Morgan fingerprint density at radius 2 is 2.11 bits per heavy atom. The van der Waals surface area contributed by atoms with Gasteiger partial charge in [-0.15, -0.1) is 0 Å². The van der Waals surface area contributed by atoms with Crippen molar-refractivity contribution in [2.24, 2.45) is 17.8 Å². The van der Waals surface area contributed by atoms with Gasteiger partial charge in [-0.1, -0.05) is 18.6 Å². The van der Waals surface area contributed by atoms with Crippen LogP contribution in [0, 0.1) is 17.8 Å². The fourth-order valence-corrected chi connectivity index (χ4v) is 1.81. The van der Waals surface area contributed by atoms with Gasteiger partial charge < -0.3 is 0 Å². The zero-order chi connectivity index (χ0) is 6.43. The Balaban J connectivity index is 2.03. The molecule has 0 aromatic heterocycles. The maximum absolute atomic E-state index is 2.46. The number of hydrogen-bond donors (Lipinski definition) is 0. The summed E-state index contributed by atoms with van der Waals surface area (Å²) < 4.78 is 0. The first kappa shape index (κ1) is 5.52. The standard InChI is InChI=1S/C9H14/c1-6-5-9(7(6)2)8-3-4-8/h5,7-9H,3-4H2,1-2H3. The maximum Gasteiger partial charge on any atom is -0.0140 e. The highest BCUT2D eigenvalue weighted by Gasteiger charge is 2.38. The Morgan fingerprint density at radius 1 is 1.44 bits per heavy atom. The minimum absolute atomic E-state index is 0.914. The lowest BCUT2D eigenvalue weighted by Crippen LogP contribution is -2.22. The molecule has 0 nitrogen and oxygen atoms in total. The van der Waals surface area contributed by atoms with Crippen LogP contribution in [0.25, 0.3) is 0 Å². The Hall–Kier alpha value is -0.260. The van der Waals surface area contributed by atoms with Crippen LogP contribution in [0.3, 0.4) is 0 Å². The molecule has 0 heterocycles. The van der Waals surface area contributed by atoms with Crippen molar-refractivity contribution >= 4 is 0 Å². The second kappa shape index (κ2) is 1.62. The second-order valence-electron chi connectivity index (χ2n) is 3.61. The molecule has 0 aromatic rings. The van der Waals surface area contributed by atoms with E-state index in [-0.39, 0.29) is 0 Å². The van der Waals surface area contributed by atoms with Gasteiger partial charge in [-0.05, 0) is 37.5 Å². The highest BCUT2D eigenvalue weighted by atomic mass is 14.4.